The predicted molar refractivity (Wildman–Crippen MR) is 119 cm³/mol. The summed E-state index contributed by atoms with van der Waals surface area (Å²) in [6.45, 7) is 2.03. The molecule has 2 aromatic rings. The Balaban J connectivity index is 1.34. The highest BCUT2D eigenvalue weighted by Crippen LogP contribution is 2.33. The van der Waals surface area contributed by atoms with E-state index in [1.807, 2.05) is 24.4 Å². The summed E-state index contributed by atoms with van der Waals surface area (Å²) in [5.41, 5.74) is 1.07. The molecule has 0 spiro atoms. The lowest BCUT2D eigenvalue weighted by Crippen LogP contribution is -2.52. The molecule has 0 radical (unpaired) electrons. The van der Waals surface area contributed by atoms with Crippen molar-refractivity contribution in [3.63, 3.8) is 0 Å². The minimum atomic E-state index is -3.27. The van der Waals surface area contributed by atoms with Crippen molar-refractivity contribution in [3.8, 4) is 0 Å². The van der Waals surface area contributed by atoms with Gasteiger partial charge in [0, 0.05) is 55.8 Å². The SMILES string of the molecule is CS(=O)(=O)N[C@H]1CCN(c2ccccn2)CC1COC1CCC(c2cnccn2)CC1. The van der Waals surface area contributed by atoms with E-state index in [1.54, 1.807) is 18.6 Å². The molecule has 1 aliphatic carbocycles. The maximum atomic E-state index is 11.9. The second kappa shape index (κ2) is 10.0. The zero-order valence-electron chi connectivity index (χ0n) is 17.9. The zero-order chi connectivity index (χ0) is 21.7. The van der Waals surface area contributed by atoms with Crippen LogP contribution in [0.3, 0.4) is 0 Å². The summed E-state index contributed by atoms with van der Waals surface area (Å²) in [5.74, 6) is 1.44. The van der Waals surface area contributed by atoms with Gasteiger partial charge in [0.2, 0.25) is 10.0 Å². The van der Waals surface area contributed by atoms with Gasteiger partial charge in [0.25, 0.3) is 0 Å². The smallest absolute Gasteiger partial charge is 0.208 e. The monoisotopic (exact) mass is 445 g/mol. The summed E-state index contributed by atoms with van der Waals surface area (Å²) in [6.07, 6.45) is 13.3. The number of rotatable bonds is 7. The number of hydrogen-bond donors (Lipinski definition) is 1. The Morgan fingerprint density at radius 1 is 1.10 bits per heavy atom. The van der Waals surface area contributed by atoms with Crippen molar-refractivity contribution in [2.75, 3.05) is 30.9 Å². The molecule has 1 saturated carbocycles. The average Bonchev–Trinajstić information content (AvgIpc) is 2.79. The predicted octanol–water partition coefficient (Wildman–Crippen LogP) is 2.36. The molecule has 9 heteroatoms. The standard InChI is InChI=1S/C22H31N5O3S/c1-31(28,29)26-20-9-13-27(22-4-2-3-10-25-22)15-18(20)16-30-19-7-5-17(6-8-19)21-14-23-11-12-24-21/h2-4,10-12,14,17-20,26H,5-9,13,15-16H2,1H3/t17?,18?,19?,20-/m0/s1. The van der Waals surface area contributed by atoms with Crippen molar-refractivity contribution in [2.45, 2.75) is 50.2 Å². The molecule has 0 aromatic carbocycles. The van der Waals surface area contributed by atoms with Gasteiger partial charge >= 0.3 is 0 Å². The van der Waals surface area contributed by atoms with E-state index >= 15 is 0 Å². The third-order valence-corrected chi connectivity index (χ3v) is 7.03. The Kier molecular flexibility index (Phi) is 7.14. The van der Waals surface area contributed by atoms with Crippen LogP contribution in [0.15, 0.2) is 43.0 Å². The first-order valence-corrected chi connectivity index (χ1v) is 12.9. The van der Waals surface area contributed by atoms with Gasteiger partial charge in [0.15, 0.2) is 0 Å². The molecular formula is C22H31N5O3S. The first kappa shape index (κ1) is 22.1. The summed E-state index contributed by atoms with van der Waals surface area (Å²) in [6, 6.07) is 5.76. The van der Waals surface area contributed by atoms with Crippen LogP contribution in [0.2, 0.25) is 0 Å². The number of aromatic nitrogens is 3. The topological polar surface area (TPSA) is 97.3 Å². The van der Waals surface area contributed by atoms with E-state index in [1.165, 1.54) is 6.26 Å². The van der Waals surface area contributed by atoms with Crippen LogP contribution in [0.25, 0.3) is 0 Å². The van der Waals surface area contributed by atoms with Gasteiger partial charge in [0.05, 0.1) is 24.7 Å². The number of nitrogens with one attached hydrogen (secondary N) is 1. The molecule has 4 rings (SSSR count). The van der Waals surface area contributed by atoms with E-state index in [4.69, 9.17) is 4.74 Å². The molecule has 1 saturated heterocycles. The molecule has 2 aliphatic rings. The molecule has 8 nitrogen and oxygen atoms in total. The van der Waals surface area contributed by atoms with Gasteiger partial charge in [-0.25, -0.2) is 18.1 Å². The number of nitrogens with zero attached hydrogens (tertiary/aromatic N) is 4. The largest absolute Gasteiger partial charge is 0.378 e. The molecule has 2 aromatic heterocycles. The minimum Gasteiger partial charge on any atom is -0.378 e. The minimum absolute atomic E-state index is 0.0724. The fourth-order valence-electron chi connectivity index (χ4n) is 4.69. The Hall–Kier alpha value is -2.10. The van der Waals surface area contributed by atoms with Crippen LogP contribution in [0.5, 0.6) is 0 Å². The van der Waals surface area contributed by atoms with Crippen molar-refractivity contribution in [1.29, 1.82) is 0 Å². The van der Waals surface area contributed by atoms with Crippen LogP contribution in [-0.4, -0.2) is 61.5 Å². The van der Waals surface area contributed by atoms with E-state index in [0.29, 0.717) is 12.5 Å². The van der Waals surface area contributed by atoms with Crippen molar-refractivity contribution >= 4 is 15.8 Å². The maximum Gasteiger partial charge on any atom is 0.208 e. The number of hydrogen-bond acceptors (Lipinski definition) is 7. The highest BCUT2D eigenvalue weighted by Gasteiger charge is 2.33. The molecular weight excluding hydrogens is 414 g/mol. The average molecular weight is 446 g/mol. The van der Waals surface area contributed by atoms with Gasteiger partial charge in [0.1, 0.15) is 5.82 Å². The molecule has 0 bridgehead atoms. The van der Waals surface area contributed by atoms with Crippen molar-refractivity contribution < 1.29 is 13.2 Å². The maximum absolute atomic E-state index is 11.9. The van der Waals surface area contributed by atoms with E-state index in [2.05, 4.69) is 24.6 Å². The summed E-state index contributed by atoms with van der Waals surface area (Å²) in [5, 5.41) is 0. The van der Waals surface area contributed by atoms with E-state index in [9.17, 15) is 8.42 Å². The van der Waals surface area contributed by atoms with E-state index in [0.717, 1.165) is 56.7 Å². The lowest BCUT2D eigenvalue weighted by Gasteiger charge is -2.40. The zero-order valence-corrected chi connectivity index (χ0v) is 18.7. The molecule has 2 fully saturated rings. The van der Waals surface area contributed by atoms with Gasteiger partial charge in [-0.3, -0.25) is 9.97 Å². The lowest BCUT2D eigenvalue weighted by atomic mass is 9.85. The van der Waals surface area contributed by atoms with E-state index < -0.39 is 10.0 Å². The highest BCUT2D eigenvalue weighted by atomic mass is 32.2. The van der Waals surface area contributed by atoms with Crippen LogP contribution < -0.4 is 9.62 Å². The molecule has 1 aliphatic heterocycles. The first-order chi connectivity index (χ1) is 15.0. The second-order valence-electron chi connectivity index (χ2n) is 8.62. The third kappa shape index (κ3) is 6.21. The molecule has 168 valence electrons. The fraction of sp³-hybridized carbons (Fsp3) is 0.591. The Morgan fingerprint density at radius 3 is 2.61 bits per heavy atom. The summed E-state index contributed by atoms with van der Waals surface area (Å²) >= 11 is 0. The van der Waals surface area contributed by atoms with Crippen LogP contribution in [0.4, 0.5) is 5.82 Å². The van der Waals surface area contributed by atoms with Crippen molar-refractivity contribution in [2.24, 2.45) is 5.92 Å². The van der Waals surface area contributed by atoms with Crippen molar-refractivity contribution in [1.82, 2.24) is 19.7 Å². The van der Waals surface area contributed by atoms with Gasteiger partial charge in [-0.2, -0.15) is 0 Å². The quantitative estimate of drug-likeness (QED) is 0.699. The number of pyridine rings is 1. The molecule has 2 atom stereocenters. The number of piperidine rings is 1. The number of anilines is 1. The molecule has 0 amide bonds. The summed E-state index contributed by atoms with van der Waals surface area (Å²) in [7, 11) is -3.27. The highest BCUT2D eigenvalue weighted by molar-refractivity contribution is 7.88. The second-order valence-corrected chi connectivity index (χ2v) is 10.4. The van der Waals surface area contributed by atoms with Crippen LogP contribution in [0, 0.1) is 5.92 Å². The Morgan fingerprint density at radius 2 is 1.94 bits per heavy atom. The first-order valence-electron chi connectivity index (χ1n) is 11.0. The molecule has 3 heterocycles. The van der Waals surface area contributed by atoms with Gasteiger partial charge in [-0.05, 0) is 44.2 Å². The Bertz CT molecular complexity index is 921. The number of ether oxygens (including phenoxy) is 1. The molecule has 1 N–H and O–H groups in total. The van der Waals surface area contributed by atoms with Crippen LogP contribution >= 0.6 is 0 Å². The molecule has 1 unspecified atom stereocenters. The lowest BCUT2D eigenvalue weighted by molar-refractivity contribution is -0.00233. The third-order valence-electron chi connectivity index (χ3n) is 6.29. The molecule has 31 heavy (non-hydrogen) atoms. The van der Waals surface area contributed by atoms with Gasteiger partial charge < -0.3 is 9.64 Å². The van der Waals surface area contributed by atoms with Crippen molar-refractivity contribution in [3.05, 3.63) is 48.7 Å². The van der Waals surface area contributed by atoms with Crippen LogP contribution in [0.1, 0.15) is 43.7 Å². The van der Waals surface area contributed by atoms with Gasteiger partial charge in [-0.15, -0.1) is 0 Å². The summed E-state index contributed by atoms with van der Waals surface area (Å²) in [4.78, 5) is 15.3. The number of sulfonamides is 1. The Labute approximate surface area is 184 Å². The fourth-order valence-corrected chi connectivity index (χ4v) is 5.55. The van der Waals surface area contributed by atoms with Gasteiger partial charge in [-0.1, -0.05) is 6.07 Å². The van der Waals surface area contributed by atoms with E-state index in [-0.39, 0.29) is 18.1 Å². The summed E-state index contributed by atoms with van der Waals surface area (Å²) < 4.78 is 32.9. The van der Waals surface area contributed by atoms with Crippen LogP contribution in [-0.2, 0) is 14.8 Å². The normalized spacial score (nSPS) is 27.2.